The van der Waals surface area contributed by atoms with Gasteiger partial charge in [0, 0.05) is 23.4 Å². The summed E-state index contributed by atoms with van der Waals surface area (Å²) in [7, 11) is -1.89. The van der Waals surface area contributed by atoms with Crippen LogP contribution in [0.2, 0.25) is 0 Å². The van der Waals surface area contributed by atoms with Crippen molar-refractivity contribution < 1.29 is 21.9 Å². The lowest BCUT2D eigenvalue weighted by molar-refractivity contribution is 0.149. The zero-order chi connectivity index (χ0) is 21.0. The van der Waals surface area contributed by atoms with Crippen LogP contribution < -0.4 is 10.1 Å². The molecule has 152 valence electrons. The molecule has 8 heteroatoms. The van der Waals surface area contributed by atoms with Crippen LogP contribution in [0, 0.1) is 11.8 Å². The topological polar surface area (TPSA) is 55.4 Å². The predicted molar refractivity (Wildman–Crippen MR) is 113 cm³/mol. The molecule has 0 amide bonds. The first-order chi connectivity index (χ1) is 13.8. The molecule has 0 atom stereocenters. The summed E-state index contributed by atoms with van der Waals surface area (Å²) >= 11 is 1.40. The van der Waals surface area contributed by atoms with Crippen molar-refractivity contribution in [3.8, 4) is 17.6 Å². The summed E-state index contributed by atoms with van der Waals surface area (Å²) in [5.74, 6) is 6.32. The van der Waals surface area contributed by atoms with Crippen LogP contribution in [0.4, 0.5) is 14.5 Å². The lowest BCUT2D eigenvalue weighted by Gasteiger charge is -2.10. The number of nitrogens with one attached hydrogen (secondary N) is 1. The van der Waals surface area contributed by atoms with Crippen LogP contribution in [0.3, 0.4) is 0 Å². The lowest BCUT2D eigenvalue weighted by atomic mass is 10.1. The number of methoxy groups -OCH3 is 1. The van der Waals surface area contributed by atoms with Crippen molar-refractivity contribution >= 4 is 36.9 Å². The Kier molecular flexibility index (Phi) is 6.40. The fourth-order valence-electron chi connectivity index (χ4n) is 2.87. The van der Waals surface area contributed by atoms with Gasteiger partial charge in [0.2, 0.25) is 6.43 Å². The van der Waals surface area contributed by atoms with Gasteiger partial charge in [-0.3, -0.25) is 0 Å². The van der Waals surface area contributed by atoms with Crippen LogP contribution >= 0.6 is 11.3 Å². The van der Waals surface area contributed by atoms with Crippen molar-refractivity contribution in [2.24, 2.45) is 0 Å². The molecule has 2 aromatic carbocycles. The fourth-order valence-corrected chi connectivity index (χ4v) is 4.61. The third-order valence-corrected chi connectivity index (χ3v) is 6.47. The van der Waals surface area contributed by atoms with Crippen LogP contribution in [-0.2, 0) is 16.3 Å². The van der Waals surface area contributed by atoms with Crippen molar-refractivity contribution in [2.75, 3.05) is 25.2 Å². The van der Waals surface area contributed by atoms with Gasteiger partial charge in [-0.1, -0.05) is 30.0 Å². The number of benzene rings is 2. The Hall–Kier alpha value is -2.63. The number of hydrogen-bond donors (Lipinski definition) is 1. The molecular weight excluding hydrogens is 416 g/mol. The quantitative estimate of drug-likeness (QED) is 0.576. The summed E-state index contributed by atoms with van der Waals surface area (Å²) in [6.45, 7) is 0.247. The predicted octanol–water partition coefficient (Wildman–Crippen LogP) is 4.58. The Morgan fingerprint density at radius 3 is 2.66 bits per heavy atom. The van der Waals surface area contributed by atoms with Crippen LogP contribution in [-0.4, -0.2) is 34.8 Å². The average Bonchev–Trinajstić information content (AvgIpc) is 3.01. The van der Waals surface area contributed by atoms with Crippen molar-refractivity contribution in [3.63, 3.8) is 0 Å². The van der Waals surface area contributed by atoms with Gasteiger partial charge in [-0.15, -0.1) is 11.3 Å². The van der Waals surface area contributed by atoms with Gasteiger partial charge in [-0.05, 0) is 29.1 Å². The number of ether oxygens (including phenoxy) is 1. The number of anilines is 1. The SMILES string of the molecule is COc1cc(S(C)(=O)=O)ccc1NCC#Cc1sc2ccccc2c1CC(F)F. The maximum absolute atomic E-state index is 13.0. The standard InChI is InChI=1S/C21H19F2NO3S2/c1-27-18-12-14(29(2,25)26)9-10-17(18)24-11-5-8-20-16(13-21(22)23)15-6-3-4-7-19(15)28-20/h3-4,6-7,9-10,12,21,24H,11,13H2,1-2H3. The van der Waals surface area contributed by atoms with Gasteiger partial charge in [-0.25, -0.2) is 17.2 Å². The first kappa shape index (κ1) is 21.1. The molecule has 0 aliphatic rings. The lowest BCUT2D eigenvalue weighted by Crippen LogP contribution is -2.03. The van der Waals surface area contributed by atoms with E-state index in [1.165, 1.54) is 30.6 Å². The molecule has 0 radical (unpaired) electrons. The third-order valence-electron chi connectivity index (χ3n) is 4.23. The van der Waals surface area contributed by atoms with E-state index in [4.69, 9.17) is 4.74 Å². The van der Waals surface area contributed by atoms with E-state index < -0.39 is 16.3 Å². The Balaban J connectivity index is 1.80. The van der Waals surface area contributed by atoms with E-state index in [1.54, 1.807) is 6.07 Å². The van der Waals surface area contributed by atoms with Crippen LogP contribution in [0.25, 0.3) is 10.1 Å². The first-order valence-corrected chi connectivity index (χ1v) is 11.4. The van der Waals surface area contributed by atoms with Crippen molar-refractivity contribution in [1.82, 2.24) is 0 Å². The van der Waals surface area contributed by atoms with E-state index in [0.29, 0.717) is 21.9 Å². The molecule has 3 rings (SSSR count). The molecule has 0 aliphatic heterocycles. The van der Waals surface area contributed by atoms with Gasteiger partial charge in [0.15, 0.2) is 9.84 Å². The molecule has 0 unspecified atom stereocenters. The molecule has 1 aromatic heterocycles. The second-order valence-electron chi connectivity index (χ2n) is 6.29. The molecule has 3 aromatic rings. The first-order valence-electron chi connectivity index (χ1n) is 8.69. The number of fused-ring (bicyclic) bond motifs is 1. The van der Waals surface area contributed by atoms with Gasteiger partial charge < -0.3 is 10.1 Å². The van der Waals surface area contributed by atoms with E-state index in [-0.39, 0.29) is 17.9 Å². The summed E-state index contributed by atoms with van der Waals surface area (Å²) in [4.78, 5) is 0.792. The van der Waals surface area contributed by atoms with Crippen molar-refractivity contribution in [2.45, 2.75) is 17.7 Å². The Labute approximate surface area is 172 Å². The summed E-state index contributed by atoms with van der Waals surface area (Å²) in [5.41, 5.74) is 1.17. The van der Waals surface area contributed by atoms with E-state index in [2.05, 4.69) is 17.2 Å². The van der Waals surface area contributed by atoms with E-state index in [9.17, 15) is 17.2 Å². The van der Waals surface area contributed by atoms with E-state index in [1.807, 2.05) is 24.3 Å². The molecule has 29 heavy (non-hydrogen) atoms. The second kappa shape index (κ2) is 8.80. The van der Waals surface area contributed by atoms with E-state index >= 15 is 0 Å². The number of rotatable bonds is 6. The fraction of sp³-hybridized carbons (Fsp3) is 0.238. The molecule has 0 saturated heterocycles. The molecule has 0 saturated carbocycles. The Morgan fingerprint density at radius 1 is 1.21 bits per heavy atom. The molecular formula is C21H19F2NO3S2. The monoisotopic (exact) mass is 435 g/mol. The number of halogens is 2. The minimum absolute atomic E-state index is 0.160. The second-order valence-corrected chi connectivity index (χ2v) is 9.36. The van der Waals surface area contributed by atoms with Crippen LogP contribution in [0.5, 0.6) is 5.75 Å². The van der Waals surface area contributed by atoms with Crippen molar-refractivity contribution in [1.29, 1.82) is 0 Å². The Bertz CT molecular complexity index is 1190. The molecule has 0 fully saturated rings. The minimum Gasteiger partial charge on any atom is -0.495 e. The zero-order valence-electron chi connectivity index (χ0n) is 15.8. The molecule has 0 aliphatic carbocycles. The number of thiophene rings is 1. The molecule has 0 bridgehead atoms. The minimum atomic E-state index is -3.34. The maximum atomic E-state index is 13.0. The number of sulfone groups is 1. The highest BCUT2D eigenvalue weighted by molar-refractivity contribution is 7.90. The smallest absolute Gasteiger partial charge is 0.242 e. The van der Waals surface area contributed by atoms with Crippen LogP contribution in [0.1, 0.15) is 10.4 Å². The third kappa shape index (κ3) is 5.05. The van der Waals surface area contributed by atoms with Gasteiger partial charge >= 0.3 is 0 Å². The van der Waals surface area contributed by atoms with Gasteiger partial charge in [0.05, 0.1) is 29.1 Å². The zero-order valence-corrected chi connectivity index (χ0v) is 17.5. The van der Waals surface area contributed by atoms with Crippen LogP contribution in [0.15, 0.2) is 47.4 Å². The summed E-state index contributed by atoms with van der Waals surface area (Å²) in [6, 6.07) is 12.0. The highest BCUT2D eigenvalue weighted by atomic mass is 32.2. The number of alkyl halides is 2. The summed E-state index contributed by atoms with van der Waals surface area (Å²) in [5, 5.41) is 3.88. The highest BCUT2D eigenvalue weighted by Crippen LogP contribution is 2.32. The highest BCUT2D eigenvalue weighted by Gasteiger charge is 2.15. The van der Waals surface area contributed by atoms with Gasteiger partial charge in [0.1, 0.15) is 5.75 Å². The molecule has 1 heterocycles. The normalized spacial score (nSPS) is 11.3. The molecule has 4 nitrogen and oxygen atoms in total. The summed E-state index contributed by atoms with van der Waals surface area (Å²) in [6.07, 6.45) is -1.64. The summed E-state index contributed by atoms with van der Waals surface area (Å²) < 4.78 is 55.5. The average molecular weight is 436 g/mol. The Morgan fingerprint density at radius 2 is 1.97 bits per heavy atom. The molecule has 1 N–H and O–H groups in total. The maximum Gasteiger partial charge on any atom is 0.242 e. The van der Waals surface area contributed by atoms with E-state index in [0.717, 1.165) is 16.3 Å². The van der Waals surface area contributed by atoms with Gasteiger partial charge in [-0.2, -0.15) is 0 Å². The molecule has 0 spiro atoms. The van der Waals surface area contributed by atoms with Gasteiger partial charge in [0.25, 0.3) is 0 Å². The largest absolute Gasteiger partial charge is 0.495 e. The van der Waals surface area contributed by atoms with Crippen molar-refractivity contribution in [3.05, 3.63) is 52.9 Å². The number of hydrogen-bond acceptors (Lipinski definition) is 5.